The first kappa shape index (κ1) is 13.8. The van der Waals surface area contributed by atoms with Gasteiger partial charge in [-0.25, -0.2) is 0 Å². The summed E-state index contributed by atoms with van der Waals surface area (Å²) < 4.78 is 16.2. The molecule has 0 atom stereocenters. The van der Waals surface area contributed by atoms with Crippen LogP contribution in [0, 0.1) is 5.41 Å². The van der Waals surface area contributed by atoms with Gasteiger partial charge in [-0.15, -0.1) is 0 Å². The van der Waals surface area contributed by atoms with Gasteiger partial charge >= 0.3 is 5.97 Å². The number of carbonyl (C=O) groups excluding carboxylic acids is 1. The van der Waals surface area contributed by atoms with Crippen LogP contribution in [-0.2, 0) is 19.0 Å². The lowest BCUT2D eigenvalue weighted by Crippen LogP contribution is -2.44. The van der Waals surface area contributed by atoms with Gasteiger partial charge in [-0.3, -0.25) is 4.79 Å². The normalized spacial score (nSPS) is 24.7. The van der Waals surface area contributed by atoms with E-state index in [0.29, 0.717) is 32.7 Å². The van der Waals surface area contributed by atoms with Gasteiger partial charge in [0, 0.05) is 13.2 Å². The predicted molar refractivity (Wildman–Crippen MR) is 66.3 cm³/mol. The van der Waals surface area contributed by atoms with E-state index in [4.69, 9.17) is 14.2 Å². The Hall–Kier alpha value is -0.650. The third-order valence-corrected chi connectivity index (χ3v) is 3.95. The highest BCUT2D eigenvalue weighted by atomic mass is 16.5. The highest BCUT2D eigenvalue weighted by molar-refractivity contribution is 5.77. The molecule has 0 bridgehead atoms. The SMILES string of the molecule is COC(=O)C1(COC2CCNCC2)CCOCC1. The molecule has 0 unspecified atom stereocenters. The van der Waals surface area contributed by atoms with E-state index in [0.717, 1.165) is 25.9 Å². The summed E-state index contributed by atoms with van der Waals surface area (Å²) >= 11 is 0. The molecule has 0 aromatic rings. The number of esters is 1. The summed E-state index contributed by atoms with van der Waals surface area (Å²) in [6, 6.07) is 0. The van der Waals surface area contributed by atoms with Crippen molar-refractivity contribution in [2.45, 2.75) is 31.8 Å². The predicted octanol–water partition coefficient (Wildman–Crippen LogP) is 0.725. The molecule has 5 nitrogen and oxygen atoms in total. The van der Waals surface area contributed by atoms with Crippen molar-refractivity contribution in [1.82, 2.24) is 5.32 Å². The van der Waals surface area contributed by atoms with Crippen LogP contribution in [0.4, 0.5) is 0 Å². The number of hydrogen-bond donors (Lipinski definition) is 1. The zero-order valence-electron chi connectivity index (χ0n) is 11.1. The summed E-state index contributed by atoms with van der Waals surface area (Å²) in [7, 11) is 1.45. The monoisotopic (exact) mass is 257 g/mol. The van der Waals surface area contributed by atoms with Gasteiger partial charge in [-0.05, 0) is 38.8 Å². The first-order valence-electron chi connectivity index (χ1n) is 6.75. The standard InChI is InChI=1S/C13H23NO4/c1-16-12(15)13(4-8-17-9-5-13)10-18-11-2-6-14-7-3-11/h11,14H,2-10H2,1H3. The zero-order valence-corrected chi connectivity index (χ0v) is 11.1. The Morgan fingerprint density at radius 1 is 1.33 bits per heavy atom. The topological polar surface area (TPSA) is 56.8 Å². The van der Waals surface area contributed by atoms with E-state index in [1.807, 2.05) is 0 Å². The molecule has 2 aliphatic rings. The van der Waals surface area contributed by atoms with Gasteiger partial charge in [0.15, 0.2) is 0 Å². The Morgan fingerprint density at radius 2 is 2.00 bits per heavy atom. The number of nitrogens with one attached hydrogen (secondary N) is 1. The fourth-order valence-electron chi connectivity index (χ4n) is 2.63. The molecule has 104 valence electrons. The average molecular weight is 257 g/mol. The highest BCUT2D eigenvalue weighted by Crippen LogP contribution is 2.33. The molecule has 0 aromatic carbocycles. The van der Waals surface area contributed by atoms with Gasteiger partial charge in [-0.1, -0.05) is 0 Å². The second-order valence-corrected chi connectivity index (χ2v) is 5.14. The van der Waals surface area contributed by atoms with Crippen LogP contribution < -0.4 is 5.32 Å². The van der Waals surface area contributed by atoms with E-state index in [9.17, 15) is 4.79 Å². The molecular formula is C13H23NO4. The van der Waals surface area contributed by atoms with Crippen molar-refractivity contribution < 1.29 is 19.0 Å². The fraction of sp³-hybridized carbons (Fsp3) is 0.923. The minimum atomic E-state index is -0.488. The smallest absolute Gasteiger partial charge is 0.314 e. The largest absolute Gasteiger partial charge is 0.469 e. The lowest BCUT2D eigenvalue weighted by Gasteiger charge is -2.35. The van der Waals surface area contributed by atoms with Crippen LogP contribution in [0.2, 0.25) is 0 Å². The zero-order chi connectivity index (χ0) is 12.8. The molecule has 0 amide bonds. The van der Waals surface area contributed by atoms with Crippen molar-refractivity contribution in [1.29, 1.82) is 0 Å². The van der Waals surface area contributed by atoms with Crippen LogP contribution in [-0.4, -0.2) is 52.1 Å². The maximum Gasteiger partial charge on any atom is 0.314 e. The summed E-state index contributed by atoms with van der Waals surface area (Å²) in [4.78, 5) is 12.0. The number of ether oxygens (including phenoxy) is 3. The summed E-state index contributed by atoms with van der Waals surface area (Å²) in [5.74, 6) is -0.153. The lowest BCUT2D eigenvalue weighted by atomic mass is 9.81. The maximum atomic E-state index is 12.0. The van der Waals surface area contributed by atoms with Crippen LogP contribution in [0.15, 0.2) is 0 Å². The third kappa shape index (κ3) is 3.22. The average Bonchev–Trinajstić information content (AvgIpc) is 2.46. The molecule has 5 heteroatoms. The molecule has 2 rings (SSSR count). The number of rotatable bonds is 4. The van der Waals surface area contributed by atoms with E-state index >= 15 is 0 Å². The molecular weight excluding hydrogens is 234 g/mol. The van der Waals surface area contributed by atoms with Gasteiger partial charge in [0.2, 0.25) is 0 Å². The quantitative estimate of drug-likeness (QED) is 0.752. The number of carbonyl (C=O) groups is 1. The van der Waals surface area contributed by atoms with Crippen molar-refractivity contribution in [3.63, 3.8) is 0 Å². The Labute approximate surface area is 108 Å². The molecule has 2 fully saturated rings. The van der Waals surface area contributed by atoms with Crippen LogP contribution in [0.5, 0.6) is 0 Å². The molecule has 2 aliphatic heterocycles. The minimum Gasteiger partial charge on any atom is -0.469 e. The third-order valence-electron chi connectivity index (χ3n) is 3.95. The lowest BCUT2D eigenvalue weighted by molar-refractivity contribution is -0.167. The summed E-state index contributed by atoms with van der Waals surface area (Å²) in [5, 5.41) is 3.30. The molecule has 0 radical (unpaired) electrons. The number of piperidine rings is 1. The molecule has 0 spiro atoms. The molecule has 0 aromatic heterocycles. The minimum absolute atomic E-state index is 0.153. The van der Waals surface area contributed by atoms with Gasteiger partial charge < -0.3 is 19.5 Å². The van der Waals surface area contributed by atoms with E-state index in [-0.39, 0.29) is 12.1 Å². The van der Waals surface area contributed by atoms with E-state index in [1.54, 1.807) is 0 Å². The van der Waals surface area contributed by atoms with Crippen molar-refractivity contribution in [2.24, 2.45) is 5.41 Å². The Morgan fingerprint density at radius 3 is 2.61 bits per heavy atom. The molecule has 0 saturated carbocycles. The fourth-order valence-corrected chi connectivity index (χ4v) is 2.63. The summed E-state index contributed by atoms with van der Waals surface area (Å²) in [6.07, 6.45) is 3.71. The van der Waals surface area contributed by atoms with Gasteiger partial charge in [0.25, 0.3) is 0 Å². The highest BCUT2D eigenvalue weighted by Gasteiger charge is 2.42. The molecule has 18 heavy (non-hydrogen) atoms. The number of hydrogen-bond acceptors (Lipinski definition) is 5. The summed E-state index contributed by atoms with van der Waals surface area (Å²) in [5.41, 5.74) is -0.488. The number of methoxy groups -OCH3 is 1. The van der Waals surface area contributed by atoms with E-state index in [1.165, 1.54) is 7.11 Å². The molecule has 2 heterocycles. The van der Waals surface area contributed by atoms with Crippen LogP contribution in [0.1, 0.15) is 25.7 Å². The van der Waals surface area contributed by atoms with Crippen molar-refractivity contribution in [3.05, 3.63) is 0 Å². The molecule has 1 N–H and O–H groups in total. The van der Waals surface area contributed by atoms with Crippen molar-refractivity contribution in [3.8, 4) is 0 Å². The molecule has 0 aliphatic carbocycles. The van der Waals surface area contributed by atoms with Gasteiger partial charge in [0.1, 0.15) is 0 Å². The van der Waals surface area contributed by atoms with Gasteiger partial charge in [-0.2, -0.15) is 0 Å². The maximum absolute atomic E-state index is 12.0. The Balaban J connectivity index is 1.90. The Bertz CT molecular complexity index is 270. The van der Waals surface area contributed by atoms with Crippen molar-refractivity contribution >= 4 is 5.97 Å². The van der Waals surface area contributed by atoms with E-state index in [2.05, 4.69) is 5.32 Å². The second-order valence-electron chi connectivity index (χ2n) is 5.14. The van der Waals surface area contributed by atoms with Crippen molar-refractivity contribution in [2.75, 3.05) is 40.0 Å². The van der Waals surface area contributed by atoms with E-state index < -0.39 is 5.41 Å². The van der Waals surface area contributed by atoms with Crippen LogP contribution in [0.3, 0.4) is 0 Å². The Kier molecular flexibility index (Phi) is 4.97. The second kappa shape index (κ2) is 6.50. The first-order chi connectivity index (χ1) is 8.77. The first-order valence-corrected chi connectivity index (χ1v) is 6.75. The van der Waals surface area contributed by atoms with Gasteiger partial charge in [0.05, 0.1) is 25.2 Å². The van der Waals surface area contributed by atoms with Crippen LogP contribution in [0.25, 0.3) is 0 Å². The summed E-state index contributed by atoms with van der Waals surface area (Å²) in [6.45, 7) is 3.70. The molecule has 2 saturated heterocycles. The van der Waals surface area contributed by atoms with Crippen LogP contribution >= 0.6 is 0 Å².